The first-order valence-corrected chi connectivity index (χ1v) is 7.83. The fourth-order valence-corrected chi connectivity index (χ4v) is 2.77. The van der Waals surface area contributed by atoms with Crippen LogP contribution in [0.4, 0.5) is 11.9 Å². The average Bonchev–Trinajstić information content (AvgIpc) is 2.89. The number of anilines is 2. The van der Waals surface area contributed by atoms with Crippen molar-refractivity contribution < 1.29 is 4.74 Å². The number of hydrogen-bond donors (Lipinski definition) is 1. The summed E-state index contributed by atoms with van der Waals surface area (Å²) in [4.78, 5) is 15.9. The first-order valence-electron chi connectivity index (χ1n) is 6.64. The van der Waals surface area contributed by atoms with Gasteiger partial charge in [-0.3, -0.25) is 0 Å². The molecule has 0 unspecified atom stereocenters. The Bertz CT molecular complexity index is 592. The van der Waals surface area contributed by atoms with Crippen molar-refractivity contribution in [3.05, 3.63) is 21.3 Å². The van der Waals surface area contributed by atoms with E-state index < -0.39 is 0 Å². The van der Waals surface area contributed by atoms with Gasteiger partial charge in [-0.15, -0.1) is 11.3 Å². The van der Waals surface area contributed by atoms with Crippen LogP contribution in [0, 0.1) is 0 Å². The van der Waals surface area contributed by atoms with Crippen molar-refractivity contribution in [2.75, 3.05) is 30.9 Å². The van der Waals surface area contributed by atoms with E-state index in [2.05, 4.69) is 20.3 Å². The van der Waals surface area contributed by atoms with Gasteiger partial charge in [0, 0.05) is 19.0 Å². The number of rotatable bonds is 7. The number of nitrogens with zero attached hydrogens (tertiary/aromatic N) is 4. The van der Waals surface area contributed by atoms with E-state index in [1.54, 1.807) is 18.4 Å². The summed E-state index contributed by atoms with van der Waals surface area (Å²) in [5, 5.41) is 2.92. The lowest BCUT2D eigenvalue weighted by Crippen LogP contribution is -2.20. The summed E-state index contributed by atoms with van der Waals surface area (Å²) in [6.07, 6.45) is 0.902. The Balaban J connectivity index is 2.16. The van der Waals surface area contributed by atoms with Gasteiger partial charge in [-0.2, -0.15) is 15.0 Å². The average molecular weight is 328 g/mol. The molecule has 0 amide bonds. The second-order valence-electron chi connectivity index (χ2n) is 4.40. The van der Waals surface area contributed by atoms with E-state index in [4.69, 9.17) is 16.3 Å². The smallest absolute Gasteiger partial charge is 0.323 e. The molecule has 0 saturated heterocycles. The van der Waals surface area contributed by atoms with Gasteiger partial charge in [-0.25, -0.2) is 0 Å². The molecule has 6 nitrogen and oxygen atoms in total. The van der Waals surface area contributed by atoms with Crippen LogP contribution in [0.15, 0.2) is 12.1 Å². The topological polar surface area (TPSA) is 63.2 Å². The molecular formula is C13H18ClN5OS. The quantitative estimate of drug-likeness (QED) is 0.843. The maximum atomic E-state index is 5.95. The zero-order valence-electron chi connectivity index (χ0n) is 12.3. The van der Waals surface area contributed by atoms with Crippen molar-refractivity contribution >= 4 is 34.8 Å². The lowest BCUT2D eigenvalue weighted by Gasteiger charge is -2.17. The number of thiophene rings is 1. The minimum atomic E-state index is 0.335. The van der Waals surface area contributed by atoms with Crippen molar-refractivity contribution in [3.8, 4) is 6.01 Å². The molecule has 2 rings (SSSR count). The van der Waals surface area contributed by atoms with Crippen molar-refractivity contribution in [3.63, 3.8) is 0 Å². The Morgan fingerprint density at radius 2 is 2.14 bits per heavy atom. The maximum Gasteiger partial charge on any atom is 0.323 e. The second kappa shape index (κ2) is 7.42. The molecule has 0 aliphatic rings. The third-order valence-electron chi connectivity index (χ3n) is 2.63. The second-order valence-corrected chi connectivity index (χ2v) is 6.20. The Kier molecular flexibility index (Phi) is 5.58. The van der Waals surface area contributed by atoms with Crippen LogP contribution >= 0.6 is 22.9 Å². The summed E-state index contributed by atoms with van der Waals surface area (Å²) in [7, 11) is 3.69. The molecule has 1 N–H and O–H groups in total. The van der Waals surface area contributed by atoms with E-state index in [0.717, 1.165) is 15.6 Å². The van der Waals surface area contributed by atoms with Gasteiger partial charge in [-0.05, 0) is 18.6 Å². The van der Waals surface area contributed by atoms with E-state index in [1.807, 2.05) is 31.0 Å². The molecule has 114 valence electrons. The van der Waals surface area contributed by atoms with Crippen molar-refractivity contribution in [1.29, 1.82) is 0 Å². The SMILES string of the molecule is CCCOc1nc(NC)nc(N(C)Cc2ccc(Cl)s2)n1. The van der Waals surface area contributed by atoms with Crippen LogP contribution in [0.1, 0.15) is 18.2 Å². The van der Waals surface area contributed by atoms with Crippen LogP contribution < -0.4 is 15.0 Å². The molecule has 0 bridgehead atoms. The highest BCUT2D eigenvalue weighted by molar-refractivity contribution is 7.16. The summed E-state index contributed by atoms with van der Waals surface area (Å²) >= 11 is 7.49. The highest BCUT2D eigenvalue weighted by Crippen LogP contribution is 2.24. The number of nitrogens with one attached hydrogen (secondary N) is 1. The van der Waals surface area contributed by atoms with E-state index in [1.165, 1.54) is 0 Å². The molecule has 0 saturated carbocycles. The fourth-order valence-electron chi connectivity index (χ4n) is 1.63. The summed E-state index contributed by atoms with van der Waals surface area (Å²) < 4.78 is 6.27. The molecule has 8 heteroatoms. The third kappa shape index (κ3) is 4.44. The monoisotopic (exact) mass is 327 g/mol. The Morgan fingerprint density at radius 1 is 1.33 bits per heavy atom. The van der Waals surface area contributed by atoms with Crippen LogP contribution in [0.3, 0.4) is 0 Å². The van der Waals surface area contributed by atoms with Gasteiger partial charge in [0.15, 0.2) is 0 Å². The number of hydrogen-bond acceptors (Lipinski definition) is 7. The van der Waals surface area contributed by atoms with Gasteiger partial charge in [0.2, 0.25) is 11.9 Å². The minimum Gasteiger partial charge on any atom is -0.463 e. The van der Waals surface area contributed by atoms with Crippen LogP contribution in [-0.2, 0) is 6.54 Å². The van der Waals surface area contributed by atoms with Gasteiger partial charge >= 0.3 is 6.01 Å². The molecule has 0 aliphatic heterocycles. The molecule has 2 aromatic heterocycles. The molecule has 21 heavy (non-hydrogen) atoms. The van der Waals surface area contributed by atoms with Crippen LogP contribution in [-0.4, -0.2) is 35.7 Å². The Labute approximate surface area is 133 Å². The summed E-state index contributed by atoms with van der Waals surface area (Å²) in [6, 6.07) is 4.22. The van der Waals surface area contributed by atoms with Crippen LogP contribution in [0.25, 0.3) is 0 Å². The van der Waals surface area contributed by atoms with Crippen LogP contribution in [0.5, 0.6) is 6.01 Å². The zero-order valence-corrected chi connectivity index (χ0v) is 13.8. The van der Waals surface area contributed by atoms with Gasteiger partial charge in [0.25, 0.3) is 0 Å². The van der Waals surface area contributed by atoms with E-state index in [9.17, 15) is 0 Å². The normalized spacial score (nSPS) is 10.5. The molecule has 0 fully saturated rings. The standard InChI is InChI=1S/C13H18ClN5OS/c1-4-7-20-13-17-11(15-2)16-12(18-13)19(3)8-9-5-6-10(14)21-9/h5-6H,4,7-8H2,1-3H3,(H,15,16,17,18). The molecule has 2 aromatic rings. The van der Waals surface area contributed by atoms with Crippen molar-refractivity contribution in [2.45, 2.75) is 19.9 Å². The zero-order chi connectivity index (χ0) is 15.2. The minimum absolute atomic E-state index is 0.335. The Morgan fingerprint density at radius 3 is 2.76 bits per heavy atom. The molecule has 0 atom stereocenters. The number of halogens is 1. The van der Waals surface area contributed by atoms with Gasteiger partial charge in [-0.1, -0.05) is 18.5 Å². The fraction of sp³-hybridized carbons (Fsp3) is 0.462. The lowest BCUT2D eigenvalue weighted by atomic mass is 10.4. The lowest BCUT2D eigenvalue weighted by molar-refractivity contribution is 0.292. The van der Waals surface area contributed by atoms with Gasteiger partial charge < -0.3 is 15.0 Å². The summed E-state index contributed by atoms with van der Waals surface area (Å²) in [5.41, 5.74) is 0. The molecule has 0 aliphatic carbocycles. The molecular weight excluding hydrogens is 310 g/mol. The largest absolute Gasteiger partial charge is 0.463 e. The van der Waals surface area contributed by atoms with Gasteiger partial charge in [0.05, 0.1) is 17.5 Å². The molecule has 0 spiro atoms. The summed E-state index contributed by atoms with van der Waals surface area (Å²) in [6.45, 7) is 3.29. The number of ether oxygens (including phenoxy) is 1. The highest BCUT2D eigenvalue weighted by Gasteiger charge is 2.12. The molecule has 0 aromatic carbocycles. The number of aromatic nitrogens is 3. The predicted molar refractivity (Wildman–Crippen MR) is 86.6 cm³/mol. The Hall–Kier alpha value is -1.60. The first kappa shape index (κ1) is 15.8. The van der Waals surface area contributed by atoms with E-state index in [0.29, 0.717) is 31.1 Å². The summed E-state index contributed by atoms with van der Waals surface area (Å²) in [5.74, 6) is 1.05. The third-order valence-corrected chi connectivity index (χ3v) is 3.84. The highest BCUT2D eigenvalue weighted by atomic mass is 35.5. The van der Waals surface area contributed by atoms with E-state index in [-0.39, 0.29) is 0 Å². The van der Waals surface area contributed by atoms with Crippen LogP contribution in [0.2, 0.25) is 4.34 Å². The van der Waals surface area contributed by atoms with Crippen molar-refractivity contribution in [1.82, 2.24) is 15.0 Å². The van der Waals surface area contributed by atoms with E-state index >= 15 is 0 Å². The first-order chi connectivity index (χ1) is 10.1. The predicted octanol–water partition coefficient (Wildman–Crippen LogP) is 3.05. The molecule has 0 radical (unpaired) electrons. The molecule has 2 heterocycles. The maximum absolute atomic E-state index is 5.95. The van der Waals surface area contributed by atoms with Crippen molar-refractivity contribution in [2.24, 2.45) is 0 Å². The van der Waals surface area contributed by atoms with Gasteiger partial charge in [0.1, 0.15) is 0 Å².